The Bertz CT molecular complexity index is 493. The van der Waals surface area contributed by atoms with Crippen LogP contribution in [0.15, 0.2) is 11.5 Å². The van der Waals surface area contributed by atoms with Crippen LogP contribution in [0, 0.1) is 11.8 Å². The highest BCUT2D eigenvalue weighted by molar-refractivity contribution is 7.99. The van der Waals surface area contributed by atoms with Crippen LogP contribution >= 0.6 is 11.8 Å². The third-order valence-electron chi connectivity index (χ3n) is 4.40. The molecule has 3 fully saturated rings. The highest BCUT2D eigenvalue weighted by atomic mass is 32.2. The molecule has 0 bridgehead atoms. The number of thioether (sulfide) groups is 1. The predicted molar refractivity (Wildman–Crippen MR) is 76.4 cm³/mol. The van der Waals surface area contributed by atoms with E-state index in [0.717, 1.165) is 17.0 Å². The van der Waals surface area contributed by atoms with Gasteiger partial charge in [-0.15, -0.1) is 10.2 Å². The Morgan fingerprint density at radius 2 is 2.00 bits per heavy atom. The Morgan fingerprint density at radius 3 is 2.60 bits per heavy atom. The van der Waals surface area contributed by atoms with Crippen molar-refractivity contribution in [2.24, 2.45) is 11.8 Å². The van der Waals surface area contributed by atoms with Crippen molar-refractivity contribution in [2.75, 3.05) is 5.75 Å². The Morgan fingerprint density at radius 1 is 1.30 bits per heavy atom. The molecule has 3 aliphatic carbocycles. The standard InChI is InChI=1S/C14H20N4OS/c19-12(16-13(9-1-2-9)10-3-4-10)7-20-14-17-15-8-18(14)11-5-6-11/h8-11,13H,1-7H2,(H,16,19). The first-order chi connectivity index (χ1) is 9.81. The fourth-order valence-electron chi connectivity index (χ4n) is 2.83. The largest absolute Gasteiger partial charge is 0.352 e. The van der Waals surface area contributed by atoms with Gasteiger partial charge in [0, 0.05) is 12.1 Å². The molecule has 0 spiro atoms. The molecule has 0 unspecified atom stereocenters. The van der Waals surface area contributed by atoms with E-state index in [1.807, 2.05) is 0 Å². The van der Waals surface area contributed by atoms with Gasteiger partial charge >= 0.3 is 0 Å². The summed E-state index contributed by atoms with van der Waals surface area (Å²) in [6, 6.07) is 1.02. The first kappa shape index (κ1) is 12.7. The molecule has 0 radical (unpaired) electrons. The number of nitrogens with zero attached hydrogens (tertiary/aromatic N) is 3. The van der Waals surface area contributed by atoms with Crippen LogP contribution in [0.25, 0.3) is 0 Å². The summed E-state index contributed by atoms with van der Waals surface area (Å²) in [5.74, 6) is 2.13. The highest BCUT2D eigenvalue weighted by Gasteiger charge is 2.42. The number of rotatable bonds is 7. The smallest absolute Gasteiger partial charge is 0.230 e. The fraction of sp³-hybridized carbons (Fsp3) is 0.786. The summed E-state index contributed by atoms with van der Waals surface area (Å²) in [4.78, 5) is 12.1. The summed E-state index contributed by atoms with van der Waals surface area (Å²) >= 11 is 1.51. The minimum absolute atomic E-state index is 0.157. The summed E-state index contributed by atoms with van der Waals surface area (Å²) < 4.78 is 2.11. The van der Waals surface area contributed by atoms with Crippen molar-refractivity contribution in [3.8, 4) is 0 Å². The van der Waals surface area contributed by atoms with Gasteiger partial charge in [0.1, 0.15) is 6.33 Å². The molecular formula is C14H20N4OS. The van der Waals surface area contributed by atoms with E-state index in [1.54, 1.807) is 6.33 Å². The van der Waals surface area contributed by atoms with Crippen molar-refractivity contribution in [1.82, 2.24) is 20.1 Å². The number of carbonyl (C=O) groups excluding carboxylic acids is 1. The van der Waals surface area contributed by atoms with Crippen molar-refractivity contribution in [2.45, 2.75) is 55.8 Å². The van der Waals surface area contributed by atoms with Crippen LogP contribution in [-0.2, 0) is 4.79 Å². The van der Waals surface area contributed by atoms with E-state index in [1.165, 1.54) is 50.3 Å². The summed E-state index contributed by atoms with van der Waals surface area (Å²) in [7, 11) is 0. The maximum absolute atomic E-state index is 12.1. The molecule has 1 heterocycles. The minimum atomic E-state index is 0.157. The lowest BCUT2D eigenvalue weighted by molar-refractivity contribution is -0.119. The van der Waals surface area contributed by atoms with Gasteiger partial charge in [-0.05, 0) is 50.4 Å². The van der Waals surface area contributed by atoms with Crippen molar-refractivity contribution >= 4 is 17.7 Å². The van der Waals surface area contributed by atoms with Gasteiger partial charge in [0.05, 0.1) is 5.75 Å². The average Bonchev–Trinajstić information content (AvgIpc) is 3.31. The van der Waals surface area contributed by atoms with Crippen molar-refractivity contribution in [3.63, 3.8) is 0 Å². The molecule has 108 valence electrons. The molecule has 20 heavy (non-hydrogen) atoms. The summed E-state index contributed by atoms with van der Waals surface area (Å²) in [6.07, 6.45) is 9.39. The number of hydrogen-bond donors (Lipinski definition) is 1. The minimum Gasteiger partial charge on any atom is -0.352 e. The number of amides is 1. The molecule has 1 aromatic heterocycles. The summed E-state index contributed by atoms with van der Waals surface area (Å²) in [6.45, 7) is 0. The van der Waals surface area contributed by atoms with E-state index in [9.17, 15) is 4.79 Å². The van der Waals surface area contributed by atoms with Crippen LogP contribution < -0.4 is 5.32 Å². The van der Waals surface area contributed by atoms with E-state index in [0.29, 0.717) is 17.8 Å². The molecule has 0 atom stereocenters. The normalized spacial score (nSPS) is 22.2. The topological polar surface area (TPSA) is 59.8 Å². The lowest BCUT2D eigenvalue weighted by Gasteiger charge is -2.17. The molecule has 1 N–H and O–H groups in total. The monoisotopic (exact) mass is 292 g/mol. The van der Waals surface area contributed by atoms with E-state index in [-0.39, 0.29) is 5.91 Å². The second-order valence-electron chi connectivity index (χ2n) is 6.31. The molecule has 1 amide bonds. The Hall–Kier alpha value is -1.04. The van der Waals surface area contributed by atoms with Crippen LogP contribution in [0.2, 0.25) is 0 Å². The van der Waals surface area contributed by atoms with Gasteiger partial charge in [0.25, 0.3) is 0 Å². The zero-order valence-corrected chi connectivity index (χ0v) is 12.3. The maximum atomic E-state index is 12.1. The van der Waals surface area contributed by atoms with Crippen LogP contribution in [0.5, 0.6) is 0 Å². The molecular weight excluding hydrogens is 272 g/mol. The molecule has 4 rings (SSSR count). The summed E-state index contributed by atoms with van der Waals surface area (Å²) in [5, 5.41) is 12.2. The van der Waals surface area contributed by atoms with Crippen LogP contribution in [0.1, 0.15) is 44.6 Å². The van der Waals surface area contributed by atoms with Crippen molar-refractivity contribution < 1.29 is 4.79 Å². The fourth-order valence-corrected chi connectivity index (χ4v) is 3.62. The first-order valence-electron chi connectivity index (χ1n) is 7.63. The third kappa shape index (κ3) is 2.85. The molecule has 0 saturated heterocycles. The Balaban J connectivity index is 1.29. The van der Waals surface area contributed by atoms with Gasteiger partial charge in [-0.2, -0.15) is 0 Å². The lowest BCUT2D eigenvalue weighted by Crippen LogP contribution is -2.39. The second-order valence-corrected chi connectivity index (χ2v) is 7.25. The van der Waals surface area contributed by atoms with Gasteiger partial charge in [-0.3, -0.25) is 4.79 Å². The van der Waals surface area contributed by atoms with E-state index >= 15 is 0 Å². The molecule has 0 aliphatic heterocycles. The Labute approximate surface area is 122 Å². The zero-order chi connectivity index (χ0) is 13.5. The molecule has 1 aromatic rings. The number of aromatic nitrogens is 3. The van der Waals surface area contributed by atoms with Gasteiger partial charge in [0.2, 0.25) is 5.91 Å². The second kappa shape index (κ2) is 5.06. The average molecular weight is 292 g/mol. The van der Waals surface area contributed by atoms with Crippen LogP contribution in [0.4, 0.5) is 0 Å². The van der Waals surface area contributed by atoms with Gasteiger partial charge in [0.15, 0.2) is 5.16 Å². The van der Waals surface area contributed by atoms with Crippen molar-refractivity contribution in [3.05, 3.63) is 6.33 Å². The Kier molecular flexibility index (Phi) is 3.21. The van der Waals surface area contributed by atoms with E-state index in [4.69, 9.17) is 0 Å². The molecule has 6 heteroatoms. The first-order valence-corrected chi connectivity index (χ1v) is 8.61. The SMILES string of the molecule is O=C(CSc1nncn1C1CC1)NC(C1CC1)C1CC1. The number of carbonyl (C=O) groups is 1. The summed E-state index contributed by atoms with van der Waals surface area (Å²) in [5.41, 5.74) is 0. The van der Waals surface area contributed by atoms with Gasteiger partial charge in [-0.25, -0.2) is 0 Å². The lowest BCUT2D eigenvalue weighted by atomic mass is 10.1. The van der Waals surface area contributed by atoms with Crippen LogP contribution in [-0.4, -0.2) is 32.5 Å². The van der Waals surface area contributed by atoms with Crippen LogP contribution in [0.3, 0.4) is 0 Å². The predicted octanol–water partition coefficient (Wildman–Crippen LogP) is 2.01. The molecule has 5 nitrogen and oxygen atoms in total. The third-order valence-corrected chi connectivity index (χ3v) is 5.36. The maximum Gasteiger partial charge on any atom is 0.230 e. The number of hydrogen-bond acceptors (Lipinski definition) is 4. The zero-order valence-electron chi connectivity index (χ0n) is 11.5. The highest BCUT2D eigenvalue weighted by Crippen LogP contribution is 2.44. The van der Waals surface area contributed by atoms with Gasteiger partial charge in [-0.1, -0.05) is 11.8 Å². The van der Waals surface area contributed by atoms with Gasteiger partial charge < -0.3 is 9.88 Å². The molecule has 3 saturated carbocycles. The quantitative estimate of drug-likeness (QED) is 0.781. The number of nitrogens with one attached hydrogen (secondary N) is 1. The van der Waals surface area contributed by atoms with E-state index < -0.39 is 0 Å². The van der Waals surface area contributed by atoms with Crippen molar-refractivity contribution in [1.29, 1.82) is 0 Å². The molecule has 0 aromatic carbocycles. The molecule has 3 aliphatic rings. The van der Waals surface area contributed by atoms with E-state index in [2.05, 4.69) is 20.1 Å².